The van der Waals surface area contributed by atoms with E-state index < -0.39 is 5.91 Å². The van der Waals surface area contributed by atoms with Gasteiger partial charge in [0.1, 0.15) is 17.3 Å². The quantitative estimate of drug-likeness (QED) is 0.665. The Morgan fingerprint density at radius 3 is 2.59 bits per heavy atom. The van der Waals surface area contributed by atoms with E-state index in [9.17, 15) is 4.79 Å². The van der Waals surface area contributed by atoms with Crippen LogP contribution in [0.3, 0.4) is 0 Å². The highest BCUT2D eigenvalue weighted by Crippen LogP contribution is 2.28. The number of hydrogen-bond donors (Lipinski definition) is 2. The zero-order valence-corrected chi connectivity index (χ0v) is 16.0. The van der Waals surface area contributed by atoms with Gasteiger partial charge in [0.2, 0.25) is 0 Å². The lowest BCUT2D eigenvalue weighted by molar-refractivity contribution is 0.102. The molecule has 6 nitrogen and oxygen atoms in total. The summed E-state index contributed by atoms with van der Waals surface area (Å²) in [4.78, 5) is 20.9. The minimum atomic E-state index is -0.402. The van der Waals surface area contributed by atoms with Crippen molar-refractivity contribution in [3.05, 3.63) is 70.6 Å². The molecule has 1 heterocycles. The highest BCUT2D eigenvalue weighted by Gasteiger charge is 2.12. The molecule has 1 amide bonds. The second-order valence-electron chi connectivity index (χ2n) is 5.96. The van der Waals surface area contributed by atoms with E-state index in [1.54, 1.807) is 18.2 Å². The predicted molar refractivity (Wildman–Crippen MR) is 107 cm³/mol. The summed E-state index contributed by atoms with van der Waals surface area (Å²) >= 11 is 5.98. The number of amides is 1. The van der Waals surface area contributed by atoms with Crippen LogP contribution in [0.15, 0.2) is 48.8 Å². The number of carbonyl (C=O) groups is 1. The van der Waals surface area contributed by atoms with Crippen LogP contribution >= 0.6 is 11.6 Å². The molecule has 0 saturated heterocycles. The van der Waals surface area contributed by atoms with Gasteiger partial charge in [-0.3, -0.25) is 4.79 Å². The summed E-state index contributed by atoms with van der Waals surface area (Å²) in [6, 6.07) is 11.0. The zero-order valence-electron chi connectivity index (χ0n) is 15.2. The molecule has 0 spiro atoms. The molecule has 2 aromatic carbocycles. The van der Waals surface area contributed by atoms with Gasteiger partial charge in [-0.2, -0.15) is 0 Å². The van der Waals surface area contributed by atoms with Crippen molar-refractivity contribution in [2.45, 2.75) is 13.8 Å². The molecule has 0 saturated carbocycles. The Morgan fingerprint density at radius 1 is 1.07 bits per heavy atom. The number of halogens is 1. The molecule has 1 aromatic heterocycles. The van der Waals surface area contributed by atoms with Gasteiger partial charge in [0.15, 0.2) is 0 Å². The fourth-order valence-electron chi connectivity index (χ4n) is 2.50. The second kappa shape index (κ2) is 8.05. The maximum atomic E-state index is 12.4. The summed E-state index contributed by atoms with van der Waals surface area (Å²) in [5.74, 6) is 0.663. The summed E-state index contributed by atoms with van der Waals surface area (Å²) in [5, 5.41) is 6.44. The Kier molecular flexibility index (Phi) is 5.57. The minimum absolute atomic E-state index is 0.184. The predicted octanol–water partition coefficient (Wildman–Crippen LogP) is 4.75. The van der Waals surface area contributed by atoms with E-state index in [2.05, 4.69) is 20.6 Å². The third-order valence-electron chi connectivity index (χ3n) is 4.16. The van der Waals surface area contributed by atoms with Crippen LogP contribution in [0.5, 0.6) is 5.75 Å². The standard InChI is InChI=1S/C20H19ClN4O2/c1-12-5-4-6-15(13(12)2)24-19-11-22-17(10-23-19)20(26)25-16-9-14(21)7-8-18(16)27-3/h4-11H,1-3H3,(H,23,24)(H,25,26). The number of methoxy groups -OCH3 is 1. The van der Waals surface area contributed by atoms with E-state index in [-0.39, 0.29) is 5.69 Å². The van der Waals surface area contributed by atoms with Crippen LogP contribution in [0.1, 0.15) is 21.6 Å². The fraction of sp³-hybridized carbons (Fsp3) is 0.150. The molecule has 0 aliphatic heterocycles. The van der Waals surface area contributed by atoms with Crippen LogP contribution in [0.2, 0.25) is 5.02 Å². The molecule has 0 bridgehead atoms. The van der Waals surface area contributed by atoms with E-state index in [1.807, 2.05) is 32.0 Å². The number of ether oxygens (including phenoxy) is 1. The summed E-state index contributed by atoms with van der Waals surface area (Å²) < 4.78 is 5.22. The van der Waals surface area contributed by atoms with Gasteiger partial charge in [-0.1, -0.05) is 23.7 Å². The van der Waals surface area contributed by atoms with Crippen LogP contribution in [-0.2, 0) is 0 Å². The van der Waals surface area contributed by atoms with Crippen molar-refractivity contribution in [1.29, 1.82) is 0 Å². The van der Waals surface area contributed by atoms with Crippen LogP contribution in [-0.4, -0.2) is 23.0 Å². The lowest BCUT2D eigenvalue weighted by atomic mass is 10.1. The van der Waals surface area contributed by atoms with Gasteiger partial charge in [0.25, 0.3) is 5.91 Å². The van der Waals surface area contributed by atoms with E-state index in [0.29, 0.717) is 22.3 Å². The average molecular weight is 383 g/mol. The van der Waals surface area contributed by atoms with E-state index in [4.69, 9.17) is 16.3 Å². The van der Waals surface area contributed by atoms with E-state index in [0.717, 1.165) is 11.3 Å². The number of aromatic nitrogens is 2. The Morgan fingerprint density at radius 2 is 1.89 bits per heavy atom. The molecule has 0 radical (unpaired) electrons. The van der Waals surface area contributed by atoms with Gasteiger partial charge < -0.3 is 15.4 Å². The van der Waals surface area contributed by atoms with Gasteiger partial charge in [-0.05, 0) is 49.2 Å². The van der Waals surface area contributed by atoms with Crippen molar-refractivity contribution in [3.63, 3.8) is 0 Å². The number of aryl methyl sites for hydroxylation is 1. The monoisotopic (exact) mass is 382 g/mol. The molecule has 2 N–H and O–H groups in total. The number of nitrogens with zero attached hydrogens (tertiary/aromatic N) is 2. The number of nitrogens with one attached hydrogen (secondary N) is 2. The van der Waals surface area contributed by atoms with E-state index >= 15 is 0 Å². The van der Waals surface area contributed by atoms with Gasteiger partial charge in [0, 0.05) is 10.7 Å². The van der Waals surface area contributed by atoms with E-state index in [1.165, 1.54) is 25.1 Å². The third kappa shape index (κ3) is 4.35. The van der Waals surface area contributed by atoms with Crippen LogP contribution in [0.4, 0.5) is 17.2 Å². The molecule has 138 valence electrons. The van der Waals surface area contributed by atoms with Gasteiger partial charge in [-0.15, -0.1) is 0 Å². The number of carbonyl (C=O) groups excluding carboxylic acids is 1. The average Bonchev–Trinajstić information content (AvgIpc) is 2.66. The zero-order chi connectivity index (χ0) is 19.4. The molecule has 0 aliphatic carbocycles. The maximum absolute atomic E-state index is 12.4. The number of benzene rings is 2. The van der Waals surface area contributed by atoms with Gasteiger partial charge in [0.05, 0.1) is 25.2 Å². The highest BCUT2D eigenvalue weighted by atomic mass is 35.5. The maximum Gasteiger partial charge on any atom is 0.275 e. The van der Waals surface area contributed by atoms with Crippen molar-refractivity contribution in [3.8, 4) is 5.75 Å². The molecule has 0 atom stereocenters. The Bertz CT molecular complexity index is 974. The first-order valence-electron chi connectivity index (χ1n) is 8.28. The molecule has 7 heteroatoms. The van der Waals surface area contributed by atoms with Crippen LogP contribution < -0.4 is 15.4 Å². The Balaban J connectivity index is 1.74. The SMILES string of the molecule is COc1ccc(Cl)cc1NC(=O)c1cnc(Nc2cccc(C)c2C)cn1. The molecule has 0 unspecified atom stereocenters. The molecular weight excluding hydrogens is 364 g/mol. The molecule has 0 aliphatic rings. The first-order chi connectivity index (χ1) is 13.0. The van der Waals surface area contributed by atoms with Crippen molar-refractivity contribution in [2.75, 3.05) is 17.7 Å². The molecular formula is C20H19ClN4O2. The minimum Gasteiger partial charge on any atom is -0.495 e. The summed E-state index contributed by atoms with van der Waals surface area (Å²) in [7, 11) is 1.52. The van der Waals surface area contributed by atoms with Crippen molar-refractivity contribution < 1.29 is 9.53 Å². The third-order valence-corrected chi connectivity index (χ3v) is 4.40. The second-order valence-corrected chi connectivity index (χ2v) is 6.39. The number of rotatable bonds is 5. The Hall–Kier alpha value is -3.12. The molecule has 0 fully saturated rings. The highest BCUT2D eigenvalue weighted by molar-refractivity contribution is 6.31. The molecule has 3 rings (SSSR count). The topological polar surface area (TPSA) is 76.1 Å². The summed E-state index contributed by atoms with van der Waals surface area (Å²) in [6.07, 6.45) is 2.94. The van der Waals surface area contributed by atoms with Crippen LogP contribution in [0, 0.1) is 13.8 Å². The van der Waals surface area contributed by atoms with Crippen molar-refractivity contribution >= 4 is 34.7 Å². The largest absolute Gasteiger partial charge is 0.495 e. The number of hydrogen-bond acceptors (Lipinski definition) is 5. The lowest BCUT2D eigenvalue weighted by Gasteiger charge is -2.12. The molecule has 3 aromatic rings. The summed E-state index contributed by atoms with van der Waals surface area (Å²) in [5.41, 5.74) is 3.91. The van der Waals surface area contributed by atoms with Gasteiger partial charge >= 0.3 is 0 Å². The van der Waals surface area contributed by atoms with Gasteiger partial charge in [-0.25, -0.2) is 9.97 Å². The van der Waals surface area contributed by atoms with Crippen LogP contribution in [0.25, 0.3) is 0 Å². The van der Waals surface area contributed by atoms with Crippen molar-refractivity contribution in [2.24, 2.45) is 0 Å². The lowest BCUT2D eigenvalue weighted by Crippen LogP contribution is -2.15. The Labute approximate surface area is 162 Å². The van der Waals surface area contributed by atoms with Crippen molar-refractivity contribution in [1.82, 2.24) is 9.97 Å². The summed E-state index contributed by atoms with van der Waals surface area (Å²) in [6.45, 7) is 4.08. The normalized spacial score (nSPS) is 10.4. The molecule has 27 heavy (non-hydrogen) atoms. The number of anilines is 3. The first kappa shape index (κ1) is 18.7. The fourth-order valence-corrected chi connectivity index (χ4v) is 2.67. The first-order valence-corrected chi connectivity index (χ1v) is 8.66. The smallest absolute Gasteiger partial charge is 0.275 e.